The lowest BCUT2D eigenvalue weighted by Gasteiger charge is -2.30. The molecular formula is C22H19ClN2O4. The first-order chi connectivity index (χ1) is 13.8. The van der Waals surface area contributed by atoms with Crippen LogP contribution in [0.2, 0.25) is 5.02 Å². The number of esters is 1. The lowest BCUT2D eigenvalue weighted by atomic mass is 9.87. The third-order valence-corrected chi connectivity index (χ3v) is 5.43. The molecule has 2 aliphatic heterocycles. The maximum atomic E-state index is 13.4. The van der Waals surface area contributed by atoms with Gasteiger partial charge in [-0.15, -0.1) is 0 Å². The number of ether oxygens (including phenoxy) is 1. The average molecular weight is 411 g/mol. The van der Waals surface area contributed by atoms with Crippen molar-refractivity contribution in [3.05, 3.63) is 65.2 Å². The van der Waals surface area contributed by atoms with E-state index >= 15 is 0 Å². The smallest absolute Gasteiger partial charge is 0.355 e. The quantitative estimate of drug-likeness (QED) is 0.568. The molecule has 2 atom stereocenters. The molecule has 1 fully saturated rings. The molecule has 4 rings (SSSR count). The Hall–Kier alpha value is -2.99. The SMILES string of the molecule is CC(C)C1=NC(c2ccccc2)(C2CC(=O)N(c3ccc(Cl)cc3)C2=O)OC1=O. The maximum Gasteiger partial charge on any atom is 0.355 e. The first-order valence-electron chi connectivity index (χ1n) is 9.34. The highest BCUT2D eigenvalue weighted by Crippen LogP contribution is 2.46. The molecule has 2 unspecified atom stereocenters. The van der Waals surface area contributed by atoms with Crippen LogP contribution in [0.3, 0.4) is 0 Å². The highest BCUT2D eigenvalue weighted by Gasteiger charge is 2.58. The minimum absolute atomic E-state index is 0.113. The van der Waals surface area contributed by atoms with Crippen LogP contribution in [0.15, 0.2) is 59.6 Å². The van der Waals surface area contributed by atoms with Crippen LogP contribution in [0.25, 0.3) is 0 Å². The van der Waals surface area contributed by atoms with Crippen molar-refractivity contribution in [1.82, 2.24) is 0 Å². The second-order valence-corrected chi connectivity index (χ2v) is 7.84. The lowest BCUT2D eigenvalue weighted by molar-refractivity contribution is -0.156. The Bertz CT molecular complexity index is 1020. The summed E-state index contributed by atoms with van der Waals surface area (Å²) in [7, 11) is 0. The van der Waals surface area contributed by atoms with Crippen molar-refractivity contribution in [2.75, 3.05) is 4.90 Å². The van der Waals surface area contributed by atoms with Gasteiger partial charge in [0.2, 0.25) is 17.5 Å². The van der Waals surface area contributed by atoms with Gasteiger partial charge in [0.1, 0.15) is 11.6 Å². The van der Waals surface area contributed by atoms with Crippen LogP contribution in [-0.2, 0) is 24.8 Å². The fourth-order valence-corrected chi connectivity index (χ4v) is 3.88. The summed E-state index contributed by atoms with van der Waals surface area (Å²) in [6.45, 7) is 3.67. The fourth-order valence-electron chi connectivity index (χ4n) is 3.76. The van der Waals surface area contributed by atoms with Crippen LogP contribution in [0.5, 0.6) is 0 Å². The summed E-state index contributed by atoms with van der Waals surface area (Å²) in [5.41, 5.74) is -0.300. The highest BCUT2D eigenvalue weighted by molar-refractivity contribution is 6.38. The van der Waals surface area contributed by atoms with E-state index in [0.29, 0.717) is 16.3 Å². The molecule has 0 bridgehead atoms. The number of carbonyl (C=O) groups is 3. The number of rotatable bonds is 4. The zero-order chi connectivity index (χ0) is 20.8. The minimum Gasteiger partial charge on any atom is -0.427 e. The molecule has 0 N–H and O–H groups in total. The van der Waals surface area contributed by atoms with Crippen molar-refractivity contribution in [2.24, 2.45) is 16.8 Å². The number of cyclic esters (lactones) is 1. The molecular weight excluding hydrogens is 392 g/mol. The topological polar surface area (TPSA) is 76.0 Å². The van der Waals surface area contributed by atoms with Gasteiger partial charge in [-0.25, -0.2) is 9.79 Å². The first-order valence-corrected chi connectivity index (χ1v) is 9.72. The molecule has 29 heavy (non-hydrogen) atoms. The van der Waals surface area contributed by atoms with Crippen LogP contribution < -0.4 is 4.90 Å². The monoisotopic (exact) mass is 410 g/mol. The summed E-state index contributed by atoms with van der Waals surface area (Å²) in [5.74, 6) is -2.51. The van der Waals surface area contributed by atoms with E-state index in [9.17, 15) is 14.4 Å². The van der Waals surface area contributed by atoms with Crippen LogP contribution in [-0.4, -0.2) is 23.5 Å². The second kappa shape index (κ2) is 7.12. The molecule has 7 heteroatoms. The summed E-state index contributed by atoms with van der Waals surface area (Å²) in [6, 6.07) is 15.3. The third-order valence-electron chi connectivity index (χ3n) is 5.18. The van der Waals surface area contributed by atoms with E-state index in [1.165, 1.54) is 0 Å². The Balaban J connectivity index is 1.81. The fraction of sp³-hybridized carbons (Fsp3) is 0.273. The predicted octanol–water partition coefficient (Wildman–Crippen LogP) is 3.73. The van der Waals surface area contributed by atoms with Gasteiger partial charge in [0.25, 0.3) is 0 Å². The van der Waals surface area contributed by atoms with E-state index in [-0.39, 0.29) is 24.0 Å². The standard InChI is InChI=1S/C22H19ClN2O4/c1-13(2)19-21(28)29-22(24-19,14-6-4-3-5-7-14)17-12-18(26)25(20(17)27)16-10-8-15(23)9-11-16/h3-11,13,17H,12H2,1-2H3. The number of halogens is 1. The zero-order valence-corrected chi connectivity index (χ0v) is 16.7. The largest absolute Gasteiger partial charge is 0.427 e. The summed E-state index contributed by atoms with van der Waals surface area (Å²) >= 11 is 5.92. The number of aliphatic imine (C=N–C) groups is 1. The molecule has 2 aromatic rings. The van der Waals surface area contributed by atoms with E-state index in [4.69, 9.17) is 16.3 Å². The van der Waals surface area contributed by atoms with Crippen LogP contribution in [0, 0.1) is 11.8 Å². The van der Waals surface area contributed by atoms with E-state index in [1.54, 1.807) is 48.5 Å². The van der Waals surface area contributed by atoms with Gasteiger partial charge in [-0.2, -0.15) is 0 Å². The van der Waals surface area contributed by atoms with E-state index in [2.05, 4.69) is 4.99 Å². The van der Waals surface area contributed by atoms with E-state index < -0.39 is 23.5 Å². The van der Waals surface area contributed by atoms with Gasteiger partial charge < -0.3 is 4.74 Å². The molecule has 2 amide bonds. The Labute approximate surface area is 173 Å². The number of anilines is 1. The Morgan fingerprint density at radius 1 is 1.07 bits per heavy atom. The van der Waals surface area contributed by atoms with E-state index in [1.807, 2.05) is 19.9 Å². The van der Waals surface area contributed by atoms with Gasteiger partial charge in [0.15, 0.2) is 0 Å². The van der Waals surface area contributed by atoms with Gasteiger partial charge in [-0.1, -0.05) is 55.8 Å². The highest BCUT2D eigenvalue weighted by atomic mass is 35.5. The number of carbonyl (C=O) groups excluding carboxylic acids is 3. The molecule has 0 radical (unpaired) electrons. The van der Waals surface area contributed by atoms with Gasteiger partial charge in [-0.05, 0) is 24.3 Å². The molecule has 6 nitrogen and oxygen atoms in total. The third kappa shape index (κ3) is 3.13. The molecule has 0 aromatic heterocycles. The summed E-state index contributed by atoms with van der Waals surface area (Å²) < 4.78 is 5.75. The molecule has 2 aliphatic rings. The van der Waals surface area contributed by atoms with Crippen molar-refractivity contribution >= 4 is 40.8 Å². The van der Waals surface area contributed by atoms with Crippen molar-refractivity contribution < 1.29 is 19.1 Å². The van der Waals surface area contributed by atoms with Crippen molar-refractivity contribution in [2.45, 2.75) is 26.0 Å². The van der Waals surface area contributed by atoms with Crippen LogP contribution in [0.4, 0.5) is 5.69 Å². The molecule has 148 valence electrons. The van der Waals surface area contributed by atoms with Gasteiger partial charge in [-0.3, -0.25) is 14.5 Å². The summed E-state index contributed by atoms with van der Waals surface area (Å²) in [6.07, 6.45) is -0.113. The van der Waals surface area contributed by atoms with E-state index in [0.717, 1.165) is 4.90 Å². The Morgan fingerprint density at radius 2 is 1.72 bits per heavy atom. The van der Waals surface area contributed by atoms with Crippen LogP contribution >= 0.6 is 11.6 Å². The van der Waals surface area contributed by atoms with Crippen LogP contribution in [0.1, 0.15) is 25.8 Å². The number of amides is 2. The lowest BCUT2D eigenvalue weighted by Crippen LogP contribution is -2.40. The van der Waals surface area contributed by atoms with Crippen molar-refractivity contribution in [1.29, 1.82) is 0 Å². The Morgan fingerprint density at radius 3 is 2.31 bits per heavy atom. The number of hydrogen-bond acceptors (Lipinski definition) is 5. The number of imide groups is 1. The molecule has 0 saturated carbocycles. The normalized spacial score (nSPS) is 24.3. The zero-order valence-electron chi connectivity index (χ0n) is 16.0. The van der Waals surface area contributed by atoms with Crippen molar-refractivity contribution in [3.63, 3.8) is 0 Å². The first kappa shape index (κ1) is 19.3. The number of benzene rings is 2. The number of nitrogens with zero attached hydrogens (tertiary/aromatic N) is 2. The minimum atomic E-state index is -1.55. The second-order valence-electron chi connectivity index (χ2n) is 7.40. The summed E-state index contributed by atoms with van der Waals surface area (Å²) in [5, 5.41) is 0.501. The van der Waals surface area contributed by atoms with Gasteiger partial charge >= 0.3 is 5.97 Å². The summed E-state index contributed by atoms with van der Waals surface area (Å²) in [4.78, 5) is 44.4. The van der Waals surface area contributed by atoms with Gasteiger partial charge in [0, 0.05) is 22.9 Å². The molecule has 0 spiro atoms. The van der Waals surface area contributed by atoms with Gasteiger partial charge in [0.05, 0.1) is 5.69 Å². The molecule has 0 aliphatic carbocycles. The average Bonchev–Trinajstić information content (AvgIpc) is 3.21. The van der Waals surface area contributed by atoms with Crippen molar-refractivity contribution in [3.8, 4) is 0 Å². The molecule has 2 heterocycles. The molecule has 2 aromatic carbocycles. The number of hydrogen-bond donors (Lipinski definition) is 0. The molecule has 1 saturated heterocycles. The maximum absolute atomic E-state index is 13.4. The predicted molar refractivity (Wildman–Crippen MR) is 109 cm³/mol. The Kier molecular flexibility index (Phi) is 4.74.